The summed E-state index contributed by atoms with van der Waals surface area (Å²) >= 11 is 0. The third-order valence-electron chi connectivity index (χ3n) is 5.68. The number of fused-ring (bicyclic) bond motifs is 4. The summed E-state index contributed by atoms with van der Waals surface area (Å²) in [6.45, 7) is 3.85. The molecule has 0 amide bonds. The van der Waals surface area contributed by atoms with Gasteiger partial charge in [-0.05, 0) is 56.0 Å². The van der Waals surface area contributed by atoms with Crippen LogP contribution in [0.25, 0.3) is 22.2 Å². The van der Waals surface area contributed by atoms with Crippen molar-refractivity contribution >= 4 is 29.5 Å². The summed E-state index contributed by atoms with van der Waals surface area (Å²) < 4.78 is 6.69. The molecule has 0 atom stereocenters. The summed E-state index contributed by atoms with van der Waals surface area (Å²) in [7, 11) is 2.05. The second kappa shape index (κ2) is 9.03. The monoisotopic (exact) mass is 447 g/mol. The van der Waals surface area contributed by atoms with E-state index in [0.29, 0.717) is 17.7 Å². The van der Waals surface area contributed by atoms with E-state index in [0.717, 1.165) is 54.4 Å². The Labute approximate surface area is 185 Å². The fourth-order valence-electron chi connectivity index (χ4n) is 4.21. The van der Waals surface area contributed by atoms with E-state index >= 15 is 0 Å². The number of benzene rings is 1. The molecule has 0 spiro atoms. The fraction of sp³-hybridized carbons (Fsp3) is 0.364. The van der Waals surface area contributed by atoms with Crippen molar-refractivity contribution in [2.24, 2.45) is 7.05 Å². The molecule has 31 heavy (non-hydrogen) atoms. The normalized spacial score (nSPS) is 12.6. The molecule has 0 saturated carbocycles. The number of hydrogen-bond acceptors (Lipinski definition) is 5. The van der Waals surface area contributed by atoms with E-state index in [1.165, 1.54) is 5.69 Å². The number of hydrogen-bond donors (Lipinski definition) is 4. The third kappa shape index (κ3) is 4.13. The molecule has 3 aromatic rings. The van der Waals surface area contributed by atoms with Gasteiger partial charge in [-0.3, -0.25) is 4.79 Å². The van der Waals surface area contributed by atoms with Gasteiger partial charge in [-0.25, -0.2) is 4.79 Å². The van der Waals surface area contributed by atoms with Crippen LogP contribution in [0.5, 0.6) is 11.5 Å². The Bertz CT molecular complexity index is 1200. The first-order valence-electron chi connectivity index (χ1n) is 10.1. The number of aromatic hydroxyl groups is 1. The van der Waals surface area contributed by atoms with Crippen molar-refractivity contribution in [2.45, 2.75) is 39.2 Å². The van der Waals surface area contributed by atoms with Crippen LogP contribution in [-0.4, -0.2) is 32.5 Å². The molecule has 166 valence electrons. The van der Waals surface area contributed by atoms with Gasteiger partial charge in [-0.15, -0.1) is 12.4 Å². The van der Waals surface area contributed by atoms with Crippen LogP contribution in [0.1, 0.15) is 36.6 Å². The van der Waals surface area contributed by atoms with E-state index in [1.807, 2.05) is 13.1 Å². The van der Waals surface area contributed by atoms with Crippen LogP contribution in [0.15, 0.2) is 23.0 Å². The summed E-state index contributed by atoms with van der Waals surface area (Å²) in [4.78, 5) is 26.1. The zero-order chi connectivity index (χ0) is 21.4. The maximum atomic E-state index is 12.4. The highest BCUT2D eigenvalue weighted by molar-refractivity contribution is 5.89. The van der Waals surface area contributed by atoms with E-state index < -0.39 is 23.2 Å². The molecule has 1 aromatic carbocycles. The SMILES string of the molecule is CCCNCc1cc2cc3c(cc2n1C)CCCc1c-3[nH]c(=O)c(OC(=O)O)c1O.Cl. The summed E-state index contributed by atoms with van der Waals surface area (Å²) in [5.74, 6) is -0.976. The lowest BCUT2D eigenvalue weighted by Gasteiger charge is -2.13. The predicted octanol–water partition coefficient (Wildman–Crippen LogP) is 3.71. The molecule has 2 aromatic heterocycles. The van der Waals surface area contributed by atoms with Crippen LogP contribution >= 0.6 is 12.4 Å². The highest BCUT2D eigenvalue weighted by Crippen LogP contribution is 2.40. The standard InChI is InChI=1S/C22H25N3O5.ClH/c1-3-7-23-11-14-8-13-9-16-12(10-17(13)25(14)2)5-4-6-15-18(16)24-21(27)20(19(15)26)30-22(28)29;/h8-10,23H,3-7,11H2,1-2H3,(H,28,29)(H2,24,26,27);1H. The second-order valence-corrected chi connectivity index (χ2v) is 7.65. The summed E-state index contributed by atoms with van der Waals surface area (Å²) in [5, 5.41) is 23.9. The number of nitrogens with one attached hydrogen (secondary N) is 2. The van der Waals surface area contributed by atoms with E-state index in [1.54, 1.807) is 0 Å². The summed E-state index contributed by atoms with van der Waals surface area (Å²) in [6.07, 6.45) is 1.47. The van der Waals surface area contributed by atoms with Gasteiger partial charge in [0.1, 0.15) is 0 Å². The Hall–Kier alpha value is -2.97. The van der Waals surface area contributed by atoms with Gasteiger partial charge in [0.25, 0.3) is 5.56 Å². The van der Waals surface area contributed by atoms with Gasteiger partial charge >= 0.3 is 6.16 Å². The minimum absolute atomic E-state index is 0. The van der Waals surface area contributed by atoms with Crippen molar-refractivity contribution in [3.05, 3.63) is 45.4 Å². The first-order valence-corrected chi connectivity index (χ1v) is 10.1. The highest BCUT2D eigenvalue weighted by Gasteiger charge is 2.25. The van der Waals surface area contributed by atoms with Gasteiger partial charge in [-0.1, -0.05) is 6.92 Å². The largest absolute Gasteiger partial charge is 0.511 e. The summed E-state index contributed by atoms with van der Waals surface area (Å²) in [6, 6.07) is 6.30. The number of aromatic nitrogens is 2. The maximum absolute atomic E-state index is 12.4. The van der Waals surface area contributed by atoms with Crippen LogP contribution in [-0.2, 0) is 26.4 Å². The molecule has 4 rings (SSSR count). The third-order valence-corrected chi connectivity index (χ3v) is 5.68. The molecule has 2 heterocycles. The van der Waals surface area contributed by atoms with Gasteiger partial charge in [0, 0.05) is 41.3 Å². The first kappa shape index (κ1) is 22.7. The Morgan fingerprint density at radius 3 is 2.77 bits per heavy atom. The molecule has 0 aliphatic heterocycles. The van der Waals surface area contributed by atoms with E-state index in [-0.39, 0.29) is 12.4 Å². The molecule has 0 saturated heterocycles. The zero-order valence-corrected chi connectivity index (χ0v) is 18.3. The molecular formula is C22H26ClN3O5. The molecule has 4 N–H and O–H groups in total. The molecule has 0 radical (unpaired) electrons. The Balaban J connectivity index is 0.00000272. The average Bonchev–Trinajstić information content (AvgIpc) is 2.89. The number of halogens is 1. The lowest BCUT2D eigenvalue weighted by molar-refractivity contribution is 0.142. The molecule has 8 nitrogen and oxygen atoms in total. The Morgan fingerprint density at radius 2 is 2.06 bits per heavy atom. The molecule has 9 heteroatoms. The van der Waals surface area contributed by atoms with Crippen molar-refractivity contribution in [3.63, 3.8) is 0 Å². The van der Waals surface area contributed by atoms with Crippen molar-refractivity contribution in [1.82, 2.24) is 14.9 Å². The molecule has 0 fully saturated rings. The van der Waals surface area contributed by atoms with Crippen LogP contribution in [0, 0.1) is 0 Å². The number of aryl methyl sites for hydroxylation is 2. The number of aromatic amines is 1. The van der Waals surface area contributed by atoms with Gasteiger partial charge in [0.15, 0.2) is 5.75 Å². The van der Waals surface area contributed by atoms with E-state index in [9.17, 15) is 14.7 Å². The number of nitrogens with zero attached hydrogens (tertiary/aromatic N) is 1. The first-order chi connectivity index (χ1) is 14.4. The van der Waals surface area contributed by atoms with Gasteiger partial charge in [0.2, 0.25) is 5.75 Å². The van der Waals surface area contributed by atoms with Crippen molar-refractivity contribution in [3.8, 4) is 22.8 Å². The van der Waals surface area contributed by atoms with Gasteiger partial charge < -0.3 is 29.8 Å². The van der Waals surface area contributed by atoms with Crippen molar-refractivity contribution in [1.29, 1.82) is 0 Å². The smallest absolute Gasteiger partial charge is 0.504 e. The van der Waals surface area contributed by atoms with Crippen LogP contribution in [0.2, 0.25) is 0 Å². The molecule has 1 aliphatic carbocycles. The van der Waals surface area contributed by atoms with Crippen LogP contribution in [0.4, 0.5) is 4.79 Å². The predicted molar refractivity (Wildman–Crippen MR) is 121 cm³/mol. The number of carbonyl (C=O) groups is 1. The van der Waals surface area contributed by atoms with Gasteiger partial charge in [-0.2, -0.15) is 0 Å². The second-order valence-electron chi connectivity index (χ2n) is 7.65. The van der Waals surface area contributed by atoms with Crippen molar-refractivity contribution < 1.29 is 19.7 Å². The zero-order valence-electron chi connectivity index (χ0n) is 17.4. The molecule has 0 unspecified atom stereocenters. The minimum atomic E-state index is -1.64. The van der Waals surface area contributed by atoms with E-state index in [2.05, 4.69) is 38.7 Å². The maximum Gasteiger partial charge on any atom is 0.511 e. The molecule has 1 aliphatic rings. The topological polar surface area (TPSA) is 117 Å². The molecule has 0 bridgehead atoms. The lowest BCUT2D eigenvalue weighted by Crippen LogP contribution is -2.17. The highest BCUT2D eigenvalue weighted by atomic mass is 35.5. The number of H-pyrrole nitrogens is 1. The number of carboxylic acid groups (broad SMARTS) is 1. The average molecular weight is 448 g/mol. The number of rotatable bonds is 5. The van der Waals surface area contributed by atoms with E-state index in [4.69, 9.17) is 5.11 Å². The number of pyridine rings is 1. The molecular weight excluding hydrogens is 422 g/mol. The number of ether oxygens (including phenoxy) is 1. The van der Waals surface area contributed by atoms with Crippen LogP contribution < -0.4 is 15.6 Å². The fourth-order valence-corrected chi connectivity index (χ4v) is 4.21. The minimum Gasteiger partial charge on any atom is -0.504 e. The van der Waals surface area contributed by atoms with Crippen LogP contribution in [0.3, 0.4) is 0 Å². The summed E-state index contributed by atoms with van der Waals surface area (Å²) in [5.41, 5.74) is 4.48. The Kier molecular flexibility index (Phi) is 6.62. The Morgan fingerprint density at radius 1 is 1.29 bits per heavy atom. The quantitative estimate of drug-likeness (QED) is 0.350. The van der Waals surface area contributed by atoms with Gasteiger partial charge in [0.05, 0.1) is 5.69 Å². The van der Waals surface area contributed by atoms with Crippen molar-refractivity contribution in [2.75, 3.05) is 6.54 Å². The lowest BCUT2D eigenvalue weighted by atomic mass is 9.99.